The smallest absolute Gasteiger partial charge is 0.252 e. The second kappa shape index (κ2) is 6.70. The number of aryl methyl sites for hydroxylation is 1. The second-order valence-electron chi connectivity index (χ2n) is 4.55. The van der Waals surface area contributed by atoms with E-state index in [2.05, 4.69) is 16.4 Å². The van der Waals surface area contributed by atoms with Crippen molar-refractivity contribution in [2.45, 2.75) is 13.3 Å². The van der Waals surface area contributed by atoms with Crippen molar-refractivity contribution in [2.75, 3.05) is 13.7 Å². The van der Waals surface area contributed by atoms with Crippen LogP contribution in [-0.2, 0) is 6.42 Å². The van der Waals surface area contributed by atoms with Gasteiger partial charge in [0.05, 0.1) is 12.7 Å². The van der Waals surface area contributed by atoms with E-state index in [9.17, 15) is 4.79 Å². The molecule has 0 saturated carbocycles. The monoisotopic (exact) mass is 270 g/mol. The third kappa shape index (κ3) is 3.57. The van der Waals surface area contributed by atoms with Gasteiger partial charge in [-0.15, -0.1) is 0 Å². The summed E-state index contributed by atoms with van der Waals surface area (Å²) in [7, 11) is 1.66. The highest BCUT2D eigenvalue weighted by Crippen LogP contribution is 2.18. The van der Waals surface area contributed by atoms with Crippen molar-refractivity contribution in [3.8, 4) is 5.75 Å². The van der Waals surface area contributed by atoms with Crippen molar-refractivity contribution in [1.29, 1.82) is 0 Å². The van der Waals surface area contributed by atoms with Gasteiger partial charge in [-0.2, -0.15) is 0 Å². The Kier molecular flexibility index (Phi) is 4.71. The largest absolute Gasteiger partial charge is 0.496 e. The zero-order valence-corrected chi connectivity index (χ0v) is 11.7. The van der Waals surface area contributed by atoms with Gasteiger partial charge in [0.25, 0.3) is 5.91 Å². The zero-order chi connectivity index (χ0) is 14.4. The number of nitrogens with zero attached hydrogens (tertiary/aromatic N) is 1. The predicted octanol–water partition coefficient (Wildman–Crippen LogP) is 2.37. The summed E-state index contributed by atoms with van der Waals surface area (Å²) in [6.07, 6.45) is 4.00. The van der Waals surface area contributed by atoms with Crippen molar-refractivity contribution < 1.29 is 9.53 Å². The molecule has 0 radical (unpaired) electrons. The van der Waals surface area contributed by atoms with Crippen LogP contribution in [0.2, 0.25) is 0 Å². The van der Waals surface area contributed by atoms with Crippen LogP contribution in [0, 0.1) is 6.92 Å². The van der Waals surface area contributed by atoms with E-state index in [0.717, 1.165) is 17.7 Å². The van der Waals surface area contributed by atoms with Crippen LogP contribution >= 0.6 is 0 Å². The number of hydrogen-bond donors (Lipinski definition) is 1. The van der Waals surface area contributed by atoms with Gasteiger partial charge < -0.3 is 10.1 Å². The molecule has 0 aliphatic carbocycles. The van der Waals surface area contributed by atoms with Gasteiger partial charge in [0.1, 0.15) is 5.75 Å². The number of carbonyl (C=O) groups is 1. The molecule has 4 nitrogen and oxygen atoms in total. The highest BCUT2D eigenvalue weighted by Gasteiger charge is 2.05. The molecule has 1 aromatic carbocycles. The molecule has 0 unspecified atom stereocenters. The highest BCUT2D eigenvalue weighted by atomic mass is 16.5. The Morgan fingerprint density at radius 3 is 2.85 bits per heavy atom. The van der Waals surface area contributed by atoms with E-state index >= 15 is 0 Å². The lowest BCUT2D eigenvalue weighted by Gasteiger charge is -2.08. The Hall–Kier alpha value is -2.36. The van der Waals surface area contributed by atoms with E-state index in [1.54, 1.807) is 31.6 Å². The fraction of sp³-hybridized carbons (Fsp3) is 0.250. The second-order valence-corrected chi connectivity index (χ2v) is 4.55. The lowest BCUT2D eigenvalue weighted by atomic mass is 10.1. The molecular weight excluding hydrogens is 252 g/mol. The lowest BCUT2D eigenvalue weighted by molar-refractivity contribution is 0.0954. The minimum absolute atomic E-state index is 0.0941. The van der Waals surface area contributed by atoms with Crippen LogP contribution in [0.4, 0.5) is 0 Å². The van der Waals surface area contributed by atoms with E-state index in [0.29, 0.717) is 12.1 Å². The number of aromatic nitrogens is 1. The average Bonchev–Trinajstić information content (AvgIpc) is 2.48. The van der Waals surface area contributed by atoms with E-state index in [-0.39, 0.29) is 5.91 Å². The minimum Gasteiger partial charge on any atom is -0.496 e. The van der Waals surface area contributed by atoms with Gasteiger partial charge >= 0.3 is 0 Å². The molecule has 104 valence electrons. The summed E-state index contributed by atoms with van der Waals surface area (Å²) in [6, 6.07) is 9.55. The first-order valence-corrected chi connectivity index (χ1v) is 6.52. The molecule has 2 aromatic rings. The molecule has 0 bridgehead atoms. The maximum atomic E-state index is 11.8. The maximum Gasteiger partial charge on any atom is 0.252 e. The van der Waals surface area contributed by atoms with E-state index < -0.39 is 0 Å². The Morgan fingerprint density at radius 2 is 2.20 bits per heavy atom. The van der Waals surface area contributed by atoms with Crippen LogP contribution < -0.4 is 10.1 Å². The van der Waals surface area contributed by atoms with Crippen LogP contribution in [0.1, 0.15) is 21.5 Å². The number of benzene rings is 1. The molecule has 1 aromatic heterocycles. The normalized spacial score (nSPS) is 10.1. The molecule has 0 aliphatic rings. The number of nitrogens with one attached hydrogen (secondary N) is 1. The number of rotatable bonds is 5. The summed E-state index contributed by atoms with van der Waals surface area (Å²) in [6.45, 7) is 2.61. The summed E-state index contributed by atoms with van der Waals surface area (Å²) >= 11 is 0. The van der Waals surface area contributed by atoms with Gasteiger partial charge in [0.15, 0.2) is 0 Å². The van der Waals surface area contributed by atoms with Crippen LogP contribution in [-0.4, -0.2) is 24.5 Å². The van der Waals surface area contributed by atoms with Gasteiger partial charge in [-0.25, -0.2) is 0 Å². The van der Waals surface area contributed by atoms with Gasteiger partial charge in [-0.1, -0.05) is 12.1 Å². The summed E-state index contributed by atoms with van der Waals surface area (Å²) < 4.78 is 5.22. The molecule has 2 rings (SSSR count). The summed E-state index contributed by atoms with van der Waals surface area (Å²) in [5.74, 6) is 0.788. The van der Waals surface area contributed by atoms with Crippen molar-refractivity contribution in [3.05, 3.63) is 59.4 Å². The first kappa shape index (κ1) is 14.1. The van der Waals surface area contributed by atoms with Crippen LogP contribution in [0.5, 0.6) is 5.75 Å². The fourth-order valence-corrected chi connectivity index (χ4v) is 2.02. The highest BCUT2D eigenvalue weighted by molar-refractivity contribution is 5.93. The van der Waals surface area contributed by atoms with Gasteiger partial charge in [-0.3, -0.25) is 9.78 Å². The summed E-state index contributed by atoms with van der Waals surface area (Å²) in [4.78, 5) is 15.8. The predicted molar refractivity (Wildman–Crippen MR) is 78.0 cm³/mol. The molecule has 0 spiro atoms. The van der Waals surface area contributed by atoms with Crippen LogP contribution in [0.3, 0.4) is 0 Å². The Labute approximate surface area is 118 Å². The van der Waals surface area contributed by atoms with Crippen molar-refractivity contribution in [2.24, 2.45) is 0 Å². The molecule has 0 atom stereocenters. The lowest BCUT2D eigenvalue weighted by Crippen LogP contribution is -2.25. The minimum atomic E-state index is -0.0941. The zero-order valence-electron chi connectivity index (χ0n) is 11.7. The SMILES string of the molecule is COc1ccc(CCNC(=O)c2cccnc2)cc1C. The van der Waals surface area contributed by atoms with E-state index in [1.807, 2.05) is 19.1 Å². The first-order valence-electron chi connectivity index (χ1n) is 6.52. The standard InChI is InChI=1S/C16H18N2O2/c1-12-10-13(5-6-15(12)20-2)7-9-18-16(19)14-4-3-8-17-11-14/h3-6,8,10-11H,7,9H2,1-2H3,(H,18,19). The molecule has 0 saturated heterocycles. The number of ether oxygens (including phenoxy) is 1. The average molecular weight is 270 g/mol. The van der Waals surface area contributed by atoms with Gasteiger partial charge in [0, 0.05) is 18.9 Å². The first-order chi connectivity index (χ1) is 9.70. The third-order valence-electron chi connectivity index (χ3n) is 3.08. The van der Waals surface area contributed by atoms with E-state index in [1.165, 1.54) is 5.56 Å². The van der Waals surface area contributed by atoms with Crippen molar-refractivity contribution >= 4 is 5.91 Å². The number of methoxy groups -OCH3 is 1. The fourth-order valence-electron chi connectivity index (χ4n) is 2.02. The van der Waals surface area contributed by atoms with Crippen LogP contribution in [0.15, 0.2) is 42.7 Å². The molecule has 20 heavy (non-hydrogen) atoms. The van der Waals surface area contributed by atoms with Crippen LogP contribution in [0.25, 0.3) is 0 Å². The molecule has 1 heterocycles. The Balaban J connectivity index is 1.87. The Morgan fingerprint density at radius 1 is 1.35 bits per heavy atom. The molecule has 1 N–H and O–H groups in total. The van der Waals surface area contributed by atoms with Crippen molar-refractivity contribution in [1.82, 2.24) is 10.3 Å². The number of amides is 1. The molecule has 0 fully saturated rings. The number of pyridine rings is 1. The summed E-state index contributed by atoms with van der Waals surface area (Å²) in [5.41, 5.74) is 2.86. The van der Waals surface area contributed by atoms with E-state index in [4.69, 9.17) is 4.74 Å². The molecule has 1 amide bonds. The number of carbonyl (C=O) groups excluding carboxylic acids is 1. The maximum absolute atomic E-state index is 11.8. The Bertz CT molecular complexity index is 582. The molecule has 4 heteroatoms. The van der Waals surface area contributed by atoms with Gasteiger partial charge in [-0.05, 0) is 42.7 Å². The quantitative estimate of drug-likeness (QED) is 0.907. The molecular formula is C16H18N2O2. The third-order valence-corrected chi connectivity index (χ3v) is 3.08. The molecule has 0 aliphatic heterocycles. The van der Waals surface area contributed by atoms with Crippen molar-refractivity contribution in [3.63, 3.8) is 0 Å². The topological polar surface area (TPSA) is 51.2 Å². The number of hydrogen-bond acceptors (Lipinski definition) is 3. The van der Waals surface area contributed by atoms with Gasteiger partial charge in [0.2, 0.25) is 0 Å². The summed E-state index contributed by atoms with van der Waals surface area (Å²) in [5, 5.41) is 2.89.